The summed E-state index contributed by atoms with van der Waals surface area (Å²) in [4.78, 5) is 0. The van der Waals surface area contributed by atoms with Crippen molar-refractivity contribution in [1.29, 1.82) is 0 Å². The quantitative estimate of drug-likeness (QED) is 0.585. The predicted octanol–water partition coefficient (Wildman–Crippen LogP) is 1.79. The largest absolute Gasteiger partial charge is 0.301 e. The Labute approximate surface area is 64.2 Å². The first-order valence-electron chi connectivity index (χ1n) is 3.92. The lowest BCUT2D eigenvalue weighted by Crippen LogP contribution is -2.33. The van der Waals surface area contributed by atoms with Gasteiger partial charge in [-0.15, -0.1) is 6.42 Å². The van der Waals surface area contributed by atoms with Gasteiger partial charge in [0.15, 0.2) is 0 Å². The Bertz CT molecular complexity index is 112. The first kappa shape index (κ1) is 9.52. The number of hydrogen-bond donors (Lipinski definition) is 1. The summed E-state index contributed by atoms with van der Waals surface area (Å²) in [6, 6.07) is 0.762. The molecule has 2 atom stereocenters. The Kier molecular flexibility index (Phi) is 5.06. The van der Waals surface area contributed by atoms with E-state index in [9.17, 15) is 0 Å². The zero-order chi connectivity index (χ0) is 7.98. The molecule has 58 valence electrons. The Morgan fingerprint density at radius 1 is 1.50 bits per heavy atom. The molecule has 2 unspecified atom stereocenters. The molecule has 0 aliphatic heterocycles. The molecule has 0 amide bonds. The minimum Gasteiger partial charge on any atom is -0.301 e. The van der Waals surface area contributed by atoms with Crippen LogP contribution in [0.3, 0.4) is 0 Å². The SMILES string of the molecule is C#CC(C)NC(C)CCC. The molecule has 0 saturated carbocycles. The van der Waals surface area contributed by atoms with Crippen molar-refractivity contribution in [3.05, 3.63) is 0 Å². The monoisotopic (exact) mass is 139 g/mol. The zero-order valence-electron chi connectivity index (χ0n) is 7.15. The van der Waals surface area contributed by atoms with Gasteiger partial charge in [-0.25, -0.2) is 0 Å². The van der Waals surface area contributed by atoms with Gasteiger partial charge in [0.2, 0.25) is 0 Å². The second-order valence-corrected chi connectivity index (χ2v) is 2.74. The number of hydrogen-bond acceptors (Lipinski definition) is 1. The van der Waals surface area contributed by atoms with Crippen LogP contribution in [0.2, 0.25) is 0 Å². The summed E-state index contributed by atoms with van der Waals surface area (Å²) < 4.78 is 0. The first-order valence-corrected chi connectivity index (χ1v) is 3.92. The lowest BCUT2D eigenvalue weighted by atomic mass is 10.2. The molecule has 10 heavy (non-hydrogen) atoms. The van der Waals surface area contributed by atoms with Crippen LogP contribution in [0.1, 0.15) is 33.6 Å². The Hall–Kier alpha value is -0.480. The van der Waals surface area contributed by atoms with Gasteiger partial charge in [-0.2, -0.15) is 0 Å². The van der Waals surface area contributed by atoms with E-state index in [0.29, 0.717) is 6.04 Å². The molecule has 1 N–H and O–H groups in total. The van der Waals surface area contributed by atoms with Crippen LogP contribution in [0.15, 0.2) is 0 Å². The summed E-state index contributed by atoms with van der Waals surface area (Å²) in [6.45, 7) is 6.35. The maximum atomic E-state index is 5.20. The smallest absolute Gasteiger partial charge is 0.0660 e. The van der Waals surface area contributed by atoms with E-state index >= 15 is 0 Å². The van der Waals surface area contributed by atoms with Gasteiger partial charge in [0.05, 0.1) is 6.04 Å². The minimum atomic E-state index is 0.210. The van der Waals surface area contributed by atoms with Crippen LogP contribution >= 0.6 is 0 Å². The Morgan fingerprint density at radius 3 is 2.50 bits per heavy atom. The van der Waals surface area contributed by atoms with Crippen molar-refractivity contribution in [3.8, 4) is 12.3 Å². The fourth-order valence-corrected chi connectivity index (χ4v) is 0.991. The van der Waals surface area contributed by atoms with E-state index in [4.69, 9.17) is 6.42 Å². The van der Waals surface area contributed by atoms with E-state index < -0.39 is 0 Å². The molecule has 0 saturated heterocycles. The lowest BCUT2D eigenvalue weighted by molar-refractivity contribution is 0.490. The molecule has 0 radical (unpaired) electrons. The summed E-state index contributed by atoms with van der Waals surface area (Å²) in [5.74, 6) is 2.64. The van der Waals surface area contributed by atoms with Crippen LogP contribution in [-0.4, -0.2) is 12.1 Å². The van der Waals surface area contributed by atoms with E-state index in [-0.39, 0.29) is 6.04 Å². The van der Waals surface area contributed by atoms with Crippen molar-refractivity contribution >= 4 is 0 Å². The van der Waals surface area contributed by atoms with Crippen molar-refractivity contribution in [1.82, 2.24) is 5.32 Å². The predicted molar refractivity (Wildman–Crippen MR) is 45.8 cm³/mol. The highest BCUT2D eigenvalue weighted by Crippen LogP contribution is 1.95. The van der Waals surface area contributed by atoms with Crippen LogP contribution in [0.5, 0.6) is 0 Å². The van der Waals surface area contributed by atoms with E-state index in [2.05, 4.69) is 25.1 Å². The fraction of sp³-hybridized carbons (Fsp3) is 0.778. The van der Waals surface area contributed by atoms with Gasteiger partial charge >= 0.3 is 0 Å². The lowest BCUT2D eigenvalue weighted by Gasteiger charge is -2.14. The second-order valence-electron chi connectivity index (χ2n) is 2.74. The van der Waals surface area contributed by atoms with Crippen LogP contribution in [-0.2, 0) is 0 Å². The molecule has 0 spiro atoms. The fourth-order valence-electron chi connectivity index (χ4n) is 0.991. The van der Waals surface area contributed by atoms with Gasteiger partial charge in [0.25, 0.3) is 0 Å². The Morgan fingerprint density at radius 2 is 2.10 bits per heavy atom. The van der Waals surface area contributed by atoms with Crippen molar-refractivity contribution in [2.45, 2.75) is 45.7 Å². The van der Waals surface area contributed by atoms with E-state index in [0.717, 1.165) is 0 Å². The third kappa shape index (κ3) is 4.40. The van der Waals surface area contributed by atoms with Gasteiger partial charge in [-0.1, -0.05) is 19.3 Å². The topological polar surface area (TPSA) is 12.0 Å². The average molecular weight is 139 g/mol. The summed E-state index contributed by atoms with van der Waals surface area (Å²) >= 11 is 0. The molecule has 0 aromatic carbocycles. The maximum absolute atomic E-state index is 5.20. The highest BCUT2D eigenvalue weighted by atomic mass is 14.9. The van der Waals surface area contributed by atoms with Gasteiger partial charge in [-0.3, -0.25) is 0 Å². The normalized spacial score (nSPS) is 15.8. The van der Waals surface area contributed by atoms with E-state index in [1.54, 1.807) is 0 Å². The third-order valence-corrected chi connectivity index (χ3v) is 1.51. The second kappa shape index (κ2) is 5.32. The highest BCUT2D eigenvalue weighted by Gasteiger charge is 2.01. The van der Waals surface area contributed by atoms with Crippen LogP contribution in [0.4, 0.5) is 0 Å². The third-order valence-electron chi connectivity index (χ3n) is 1.51. The zero-order valence-corrected chi connectivity index (χ0v) is 7.15. The van der Waals surface area contributed by atoms with Gasteiger partial charge in [-0.05, 0) is 20.3 Å². The molecule has 1 nitrogen and oxygen atoms in total. The molecule has 0 bridgehead atoms. The first-order chi connectivity index (χ1) is 4.70. The van der Waals surface area contributed by atoms with Crippen molar-refractivity contribution in [3.63, 3.8) is 0 Å². The number of terminal acetylenes is 1. The molecule has 0 aliphatic carbocycles. The Balaban J connectivity index is 3.39. The van der Waals surface area contributed by atoms with E-state index in [1.807, 2.05) is 6.92 Å². The summed E-state index contributed by atoms with van der Waals surface area (Å²) in [5, 5.41) is 3.29. The van der Waals surface area contributed by atoms with Crippen molar-refractivity contribution in [2.75, 3.05) is 0 Å². The molecule has 0 fully saturated rings. The van der Waals surface area contributed by atoms with E-state index in [1.165, 1.54) is 12.8 Å². The summed E-state index contributed by atoms with van der Waals surface area (Å²) in [5.41, 5.74) is 0. The van der Waals surface area contributed by atoms with Crippen LogP contribution < -0.4 is 5.32 Å². The van der Waals surface area contributed by atoms with Gasteiger partial charge in [0, 0.05) is 6.04 Å². The molecule has 0 aromatic rings. The standard InChI is InChI=1S/C9H17N/c1-5-7-9(4)10-8(3)6-2/h2,8-10H,5,7H2,1,3-4H3. The summed E-state index contributed by atoms with van der Waals surface area (Å²) in [6.07, 6.45) is 7.62. The molecule has 0 aromatic heterocycles. The molecule has 0 rings (SSSR count). The molecule has 0 heterocycles. The van der Waals surface area contributed by atoms with Crippen molar-refractivity contribution < 1.29 is 0 Å². The highest BCUT2D eigenvalue weighted by molar-refractivity contribution is 4.96. The molecule has 1 heteroatoms. The molecular formula is C9H17N. The number of nitrogens with one attached hydrogen (secondary N) is 1. The van der Waals surface area contributed by atoms with Crippen LogP contribution in [0.25, 0.3) is 0 Å². The maximum Gasteiger partial charge on any atom is 0.0660 e. The van der Waals surface area contributed by atoms with Gasteiger partial charge in [0.1, 0.15) is 0 Å². The van der Waals surface area contributed by atoms with Crippen LogP contribution in [0, 0.1) is 12.3 Å². The molecule has 0 aliphatic rings. The van der Waals surface area contributed by atoms with Gasteiger partial charge < -0.3 is 5.32 Å². The average Bonchev–Trinajstić information content (AvgIpc) is 1.88. The number of rotatable bonds is 4. The summed E-state index contributed by atoms with van der Waals surface area (Å²) in [7, 11) is 0. The molecular weight excluding hydrogens is 122 g/mol. The minimum absolute atomic E-state index is 0.210. The van der Waals surface area contributed by atoms with Crippen molar-refractivity contribution in [2.24, 2.45) is 0 Å².